The number of hydrogen-bond donors (Lipinski definition) is 0. The molecule has 1 fully saturated rings. The van der Waals surface area contributed by atoms with E-state index in [4.69, 9.17) is 0 Å². The van der Waals surface area contributed by atoms with Crippen LogP contribution in [0.5, 0.6) is 0 Å². The molecule has 1 aromatic heterocycles. The van der Waals surface area contributed by atoms with Crippen molar-refractivity contribution in [3.05, 3.63) is 83.2 Å². The monoisotopic (exact) mass is 368 g/mol. The van der Waals surface area contributed by atoms with E-state index in [0.29, 0.717) is 6.54 Å². The van der Waals surface area contributed by atoms with Crippen LogP contribution in [0, 0.1) is 11.6 Å². The highest BCUT2D eigenvalue weighted by Crippen LogP contribution is 2.30. The van der Waals surface area contributed by atoms with Crippen LogP contribution in [0.2, 0.25) is 0 Å². The van der Waals surface area contributed by atoms with Crippen LogP contribution in [0.4, 0.5) is 8.78 Å². The fourth-order valence-corrected chi connectivity index (χ4v) is 2.98. The Balaban J connectivity index is 1.51. The Hall–Kier alpha value is -3.09. The molecule has 3 aromatic rings. The summed E-state index contributed by atoms with van der Waals surface area (Å²) in [4.78, 5) is 14.5. The summed E-state index contributed by atoms with van der Waals surface area (Å²) in [5.74, 6) is -1.58. The summed E-state index contributed by atoms with van der Waals surface area (Å²) in [6, 6.07) is 13.2. The Morgan fingerprint density at radius 3 is 2.63 bits per heavy atom. The third-order valence-corrected chi connectivity index (χ3v) is 4.55. The lowest BCUT2D eigenvalue weighted by atomic mass is 10.2. The van der Waals surface area contributed by atoms with Crippen molar-refractivity contribution in [3.8, 4) is 0 Å². The quantitative estimate of drug-likeness (QED) is 0.670. The van der Waals surface area contributed by atoms with Crippen LogP contribution in [-0.4, -0.2) is 31.8 Å². The molecule has 5 nitrogen and oxygen atoms in total. The fraction of sp³-hybridized carbons (Fsp3) is 0.250. The zero-order chi connectivity index (χ0) is 18.8. The zero-order valence-electron chi connectivity index (χ0n) is 14.6. The number of amides is 1. The Kier molecular flexibility index (Phi) is 4.66. The molecule has 1 aliphatic carbocycles. The van der Waals surface area contributed by atoms with Crippen LogP contribution in [0.15, 0.2) is 54.7 Å². The van der Waals surface area contributed by atoms with Crippen LogP contribution in [0.3, 0.4) is 0 Å². The van der Waals surface area contributed by atoms with Gasteiger partial charge in [-0.3, -0.25) is 4.79 Å². The highest BCUT2D eigenvalue weighted by atomic mass is 19.1. The van der Waals surface area contributed by atoms with E-state index < -0.39 is 11.6 Å². The summed E-state index contributed by atoms with van der Waals surface area (Å²) in [5, 5.41) is 8.02. The summed E-state index contributed by atoms with van der Waals surface area (Å²) in [6.07, 6.45) is 3.34. The van der Waals surface area contributed by atoms with Gasteiger partial charge in [-0.25, -0.2) is 13.5 Å². The zero-order valence-corrected chi connectivity index (χ0v) is 14.6. The molecule has 2 aromatic carbocycles. The van der Waals surface area contributed by atoms with E-state index >= 15 is 0 Å². The first-order chi connectivity index (χ1) is 13.1. The van der Waals surface area contributed by atoms with E-state index in [2.05, 4.69) is 10.3 Å². The lowest BCUT2D eigenvalue weighted by Crippen LogP contribution is -2.33. The minimum absolute atomic E-state index is 0.0567. The molecule has 4 rings (SSSR count). The van der Waals surface area contributed by atoms with Gasteiger partial charge in [-0.05, 0) is 24.5 Å². The third-order valence-electron chi connectivity index (χ3n) is 4.55. The van der Waals surface area contributed by atoms with E-state index in [1.165, 1.54) is 12.1 Å². The Labute approximate surface area is 155 Å². The molecule has 1 saturated carbocycles. The van der Waals surface area contributed by atoms with E-state index in [0.717, 1.165) is 24.5 Å². The number of aromatic nitrogens is 3. The van der Waals surface area contributed by atoms with Gasteiger partial charge in [-0.15, -0.1) is 5.10 Å². The number of benzene rings is 2. The SMILES string of the molecule is O=C(c1cn(Cc2ccccc2)nn1)N(Cc1ccc(F)cc1F)C1CC1. The molecule has 0 radical (unpaired) electrons. The van der Waals surface area contributed by atoms with Gasteiger partial charge in [0.2, 0.25) is 0 Å². The van der Waals surface area contributed by atoms with E-state index in [1.54, 1.807) is 15.8 Å². The summed E-state index contributed by atoms with van der Waals surface area (Å²) in [5.41, 5.74) is 1.56. The molecule has 0 bridgehead atoms. The molecular weight excluding hydrogens is 350 g/mol. The molecule has 1 heterocycles. The maximum atomic E-state index is 14.0. The predicted molar refractivity (Wildman–Crippen MR) is 94.8 cm³/mol. The first kappa shape index (κ1) is 17.3. The van der Waals surface area contributed by atoms with Crippen molar-refractivity contribution in [2.45, 2.75) is 32.0 Å². The molecule has 7 heteroatoms. The Morgan fingerprint density at radius 1 is 1.15 bits per heavy atom. The van der Waals surface area contributed by atoms with Crippen molar-refractivity contribution in [1.82, 2.24) is 19.9 Å². The van der Waals surface area contributed by atoms with Crippen molar-refractivity contribution >= 4 is 5.91 Å². The second-order valence-electron chi connectivity index (χ2n) is 6.69. The van der Waals surface area contributed by atoms with Gasteiger partial charge in [-0.2, -0.15) is 0 Å². The molecular formula is C20H18F2N4O. The number of carbonyl (C=O) groups is 1. The van der Waals surface area contributed by atoms with Crippen molar-refractivity contribution < 1.29 is 13.6 Å². The number of halogens is 2. The van der Waals surface area contributed by atoms with Gasteiger partial charge in [0.05, 0.1) is 12.7 Å². The number of hydrogen-bond acceptors (Lipinski definition) is 3. The first-order valence-electron chi connectivity index (χ1n) is 8.79. The van der Waals surface area contributed by atoms with Crippen molar-refractivity contribution in [3.63, 3.8) is 0 Å². The van der Waals surface area contributed by atoms with Crippen LogP contribution in [0.25, 0.3) is 0 Å². The van der Waals surface area contributed by atoms with Gasteiger partial charge < -0.3 is 4.90 Å². The Morgan fingerprint density at radius 2 is 1.93 bits per heavy atom. The van der Waals surface area contributed by atoms with Gasteiger partial charge in [0.15, 0.2) is 5.69 Å². The van der Waals surface area contributed by atoms with Crippen LogP contribution >= 0.6 is 0 Å². The highest BCUT2D eigenvalue weighted by Gasteiger charge is 2.34. The summed E-state index contributed by atoms with van der Waals surface area (Å²) in [7, 11) is 0. The van der Waals surface area contributed by atoms with Crippen LogP contribution in [-0.2, 0) is 13.1 Å². The van der Waals surface area contributed by atoms with Gasteiger partial charge in [0.1, 0.15) is 11.6 Å². The molecule has 0 N–H and O–H groups in total. The van der Waals surface area contributed by atoms with Crippen molar-refractivity contribution in [2.24, 2.45) is 0 Å². The average molecular weight is 368 g/mol. The maximum Gasteiger partial charge on any atom is 0.276 e. The predicted octanol–water partition coefficient (Wildman–Crippen LogP) is 3.41. The van der Waals surface area contributed by atoms with E-state index in [9.17, 15) is 13.6 Å². The van der Waals surface area contributed by atoms with Crippen LogP contribution in [0.1, 0.15) is 34.5 Å². The number of rotatable bonds is 6. The Bertz CT molecular complexity index is 954. The maximum absolute atomic E-state index is 14.0. The van der Waals surface area contributed by atoms with Gasteiger partial charge in [0.25, 0.3) is 5.91 Å². The molecule has 1 aliphatic rings. The molecule has 27 heavy (non-hydrogen) atoms. The number of carbonyl (C=O) groups excluding carboxylic acids is 1. The molecule has 0 spiro atoms. The summed E-state index contributed by atoms with van der Waals surface area (Å²) < 4.78 is 28.7. The molecule has 0 atom stereocenters. The summed E-state index contributed by atoms with van der Waals surface area (Å²) in [6.45, 7) is 0.596. The lowest BCUT2D eigenvalue weighted by molar-refractivity contribution is 0.0722. The topological polar surface area (TPSA) is 51.0 Å². The standard InChI is InChI=1S/C20H18F2N4O/c21-16-7-6-15(18(22)10-16)12-26(17-8-9-17)20(27)19-13-25(24-23-19)11-14-4-2-1-3-5-14/h1-7,10,13,17H,8-9,11-12H2. The van der Waals surface area contributed by atoms with Gasteiger partial charge in [-0.1, -0.05) is 41.6 Å². The van der Waals surface area contributed by atoms with Crippen molar-refractivity contribution in [1.29, 1.82) is 0 Å². The molecule has 1 amide bonds. The molecule has 138 valence electrons. The normalized spacial score (nSPS) is 13.6. The average Bonchev–Trinajstić information content (AvgIpc) is 3.40. The second-order valence-corrected chi connectivity index (χ2v) is 6.69. The first-order valence-corrected chi connectivity index (χ1v) is 8.79. The van der Waals surface area contributed by atoms with Gasteiger partial charge >= 0.3 is 0 Å². The van der Waals surface area contributed by atoms with E-state index in [-0.39, 0.29) is 29.8 Å². The lowest BCUT2D eigenvalue weighted by Gasteiger charge is -2.21. The smallest absolute Gasteiger partial charge is 0.276 e. The fourth-order valence-electron chi connectivity index (χ4n) is 2.98. The van der Waals surface area contributed by atoms with E-state index in [1.807, 2.05) is 30.3 Å². The van der Waals surface area contributed by atoms with Gasteiger partial charge in [0, 0.05) is 24.2 Å². The molecule has 0 unspecified atom stereocenters. The third kappa shape index (κ3) is 4.02. The minimum Gasteiger partial charge on any atom is -0.330 e. The number of nitrogens with zero attached hydrogens (tertiary/aromatic N) is 4. The van der Waals surface area contributed by atoms with Crippen molar-refractivity contribution in [2.75, 3.05) is 0 Å². The largest absolute Gasteiger partial charge is 0.330 e. The molecule has 0 saturated heterocycles. The van der Waals surface area contributed by atoms with Crippen LogP contribution < -0.4 is 0 Å². The molecule has 0 aliphatic heterocycles. The minimum atomic E-state index is -0.652. The highest BCUT2D eigenvalue weighted by molar-refractivity contribution is 5.92. The second kappa shape index (κ2) is 7.26. The summed E-state index contributed by atoms with van der Waals surface area (Å²) >= 11 is 0.